The lowest BCUT2D eigenvalue weighted by Gasteiger charge is -2.15. The van der Waals surface area contributed by atoms with Gasteiger partial charge in [0.2, 0.25) is 5.95 Å². The average Bonchev–Trinajstić information content (AvgIpc) is 3.26. The van der Waals surface area contributed by atoms with Gasteiger partial charge >= 0.3 is 5.69 Å². The Bertz CT molecular complexity index is 1570. The molecule has 2 aromatic carbocycles. The van der Waals surface area contributed by atoms with Gasteiger partial charge in [0.05, 0.1) is 19.4 Å². The van der Waals surface area contributed by atoms with Gasteiger partial charge in [-0.25, -0.2) is 10.2 Å². The number of aromatic nitrogens is 4. The minimum Gasteiger partial charge on any atom is -0.507 e. The maximum Gasteiger partial charge on any atom is 0.332 e. The monoisotopic (exact) mass is 508 g/mol. The normalized spacial score (nSPS) is 12.5. The summed E-state index contributed by atoms with van der Waals surface area (Å²) in [6, 6.07) is 13.6. The Morgan fingerprint density at radius 3 is 2.43 bits per heavy atom. The Morgan fingerprint density at radius 1 is 1.08 bits per heavy atom. The molecule has 1 unspecified atom stereocenters. The maximum atomic E-state index is 13.0. The third kappa shape index (κ3) is 5.19. The number of nitrogens with one attached hydrogen (secondary N) is 1. The molecule has 37 heavy (non-hydrogen) atoms. The molecular formula is C25H28N6O6. The van der Waals surface area contributed by atoms with Crippen LogP contribution in [0.3, 0.4) is 0 Å². The molecule has 4 rings (SSSR count). The largest absolute Gasteiger partial charge is 0.507 e. The average molecular weight is 509 g/mol. The molecule has 0 saturated carbocycles. The number of aryl methyl sites for hydroxylation is 1. The van der Waals surface area contributed by atoms with Crippen LogP contribution in [-0.4, -0.2) is 54.4 Å². The molecule has 0 bridgehead atoms. The van der Waals surface area contributed by atoms with E-state index in [4.69, 9.17) is 9.47 Å². The molecule has 194 valence electrons. The third-order valence-electron chi connectivity index (χ3n) is 5.86. The molecule has 12 nitrogen and oxygen atoms in total. The van der Waals surface area contributed by atoms with Gasteiger partial charge in [0.15, 0.2) is 11.2 Å². The summed E-state index contributed by atoms with van der Waals surface area (Å²) in [5, 5.41) is 25.2. The Balaban J connectivity index is 1.67. The summed E-state index contributed by atoms with van der Waals surface area (Å²) in [5.74, 6) is 1.40. The van der Waals surface area contributed by atoms with Gasteiger partial charge in [0, 0.05) is 19.7 Å². The van der Waals surface area contributed by atoms with Gasteiger partial charge in [-0.05, 0) is 43.3 Å². The van der Waals surface area contributed by atoms with Gasteiger partial charge in [0.25, 0.3) is 5.56 Å². The van der Waals surface area contributed by atoms with Gasteiger partial charge in [-0.3, -0.25) is 13.9 Å². The number of hydrazone groups is 1. The predicted molar refractivity (Wildman–Crippen MR) is 139 cm³/mol. The number of rotatable bonds is 9. The topological polar surface area (TPSA) is 145 Å². The Kier molecular flexibility index (Phi) is 7.30. The van der Waals surface area contributed by atoms with E-state index in [0.717, 1.165) is 4.57 Å². The molecule has 3 N–H and O–H groups in total. The number of para-hydroxylation sites is 1. The van der Waals surface area contributed by atoms with Crippen molar-refractivity contribution in [2.75, 3.05) is 19.1 Å². The highest BCUT2D eigenvalue weighted by Crippen LogP contribution is 2.20. The fraction of sp³-hybridized carbons (Fsp3) is 0.280. The molecule has 0 aliphatic heterocycles. The molecule has 4 aromatic rings. The van der Waals surface area contributed by atoms with E-state index in [1.165, 1.54) is 23.2 Å². The van der Waals surface area contributed by atoms with Gasteiger partial charge in [-0.2, -0.15) is 10.1 Å². The number of aromatic hydroxyl groups is 1. The van der Waals surface area contributed by atoms with E-state index in [9.17, 15) is 19.8 Å². The van der Waals surface area contributed by atoms with Crippen molar-refractivity contribution in [3.63, 3.8) is 0 Å². The van der Waals surface area contributed by atoms with Crippen molar-refractivity contribution in [2.45, 2.75) is 19.6 Å². The Labute approximate surface area is 211 Å². The number of anilines is 1. The predicted octanol–water partition coefficient (Wildman–Crippen LogP) is 1.42. The quantitative estimate of drug-likeness (QED) is 0.227. The van der Waals surface area contributed by atoms with Crippen molar-refractivity contribution in [2.24, 2.45) is 19.2 Å². The van der Waals surface area contributed by atoms with Crippen LogP contribution in [0.25, 0.3) is 11.2 Å². The summed E-state index contributed by atoms with van der Waals surface area (Å²) in [6.07, 6.45) is -1.04. The number of aliphatic hydroxyl groups is 1. The number of imidazole rings is 1. The fourth-order valence-corrected chi connectivity index (χ4v) is 3.81. The van der Waals surface area contributed by atoms with Crippen molar-refractivity contribution in [3.05, 3.63) is 74.9 Å². The second-order valence-corrected chi connectivity index (χ2v) is 8.39. The number of aliphatic hydroxyl groups excluding tert-OH is 1. The zero-order valence-electron chi connectivity index (χ0n) is 20.9. The minimum absolute atomic E-state index is 0.0569. The van der Waals surface area contributed by atoms with Crippen molar-refractivity contribution in [1.82, 2.24) is 18.7 Å². The third-order valence-corrected chi connectivity index (χ3v) is 5.86. The number of hydrogen-bond donors (Lipinski definition) is 3. The summed E-state index contributed by atoms with van der Waals surface area (Å²) >= 11 is 0. The van der Waals surface area contributed by atoms with Gasteiger partial charge in [-0.1, -0.05) is 12.1 Å². The molecule has 0 fully saturated rings. The summed E-state index contributed by atoms with van der Waals surface area (Å²) in [4.78, 5) is 29.9. The molecule has 0 amide bonds. The molecule has 0 aliphatic carbocycles. The number of hydrogen-bond acceptors (Lipinski definition) is 9. The van der Waals surface area contributed by atoms with Crippen LogP contribution in [-0.2, 0) is 20.6 Å². The molecular weight excluding hydrogens is 480 g/mol. The first-order chi connectivity index (χ1) is 17.7. The second kappa shape index (κ2) is 10.6. The van der Waals surface area contributed by atoms with Gasteiger partial charge in [0.1, 0.15) is 30.0 Å². The van der Waals surface area contributed by atoms with Crippen LogP contribution in [0.4, 0.5) is 5.95 Å². The zero-order valence-corrected chi connectivity index (χ0v) is 20.9. The molecule has 0 radical (unpaired) electrons. The second-order valence-electron chi connectivity index (χ2n) is 8.39. The number of benzene rings is 2. The number of nitrogens with zero attached hydrogens (tertiary/aromatic N) is 5. The molecule has 12 heteroatoms. The van der Waals surface area contributed by atoms with Crippen molar-refractivity contribution in [1.29, 1.82) is 0 Å². The first-order valence-electron chi connectivity index (χ1n) is 11.4. The first kappa shape index (κ1) is 25.5. The lowest BCUT2D eigenvalue weighted by atomic mass is 10.1. The van der Waals surface area contributed by atoms with Crippen LogP contribution in [0, 0.1) is 0 Å². The van der Waals surface area contributed by atoms with Crippen LogP contribution in [0.15, 0.2) is 63.2 Å². The first-order valence-corrected chi connectivity index (χ1v) is 11.4. The number of phenolic OH excluding ortho intramolecular Hbond substituents is 1. The van der Waals surface area contributed by atoms with Gasteiger partial charge in [-0.15, -0.1) is 0 Å². The fourth-order valence-electron chi connectivity index (χ4n) is 3.81. The molecule has 1 atom stereocenters. The van der Waals surface area contributed by atoms with Gasteiger partial charge < -0.3 is 24.3 Å². The smallest absolute Gasteiger partial charge is 0.332 e. The summed E-state index contributed by atoms with van der Waals surface area (Å²) in [5.41, 5.74) is 2.93. The van der Waals surface area contributed by atoms with E-state index < -0.39 is 17.4 Å². The van der Waals surface area contributed by atoms with Crippen LogP contribution in [0.2, 0.25) is 0 Å². The number of methoxy groups -OCH3 is 1. The maximum absolute atomic E-state index is 13.0. The highest BCUT2D eigenvalue weighted by Gasteiger charge is 2.21. The number of ether oxygens (including phenoxy) is 2. The summed E-state index contributed by atoms with van der Waals surface area (Å²) in [7, 11) is 4.44. The number of phenols is 1. The molecule has 2 heterocycles. The van der Waals surface area contributed by atoms with Crippen LogP contribution in [0.1, 0.15) is 12.5 Å². The van der Waals surface area contributed by atoms with E-state index in [0.29, 0.717) is 22.8 Å². The molecule has 0 aliphatic rings. The standard InChI is InChI=1S/C25H28N6O6/c1-15(19-7-5-6-8-20(19)33)27-28-24-26-22-21(23(34)30(3)25(35)29(22)2)31(24)13-16(32)14-37-18-11-9-17(36-4)10-12-18/h5-12,16,32-33H,13-14H2,1-4H3,(H,26,28)/b27-15+. The van der Waals surface area contributed by atoms with Crippen LogP contribution in [0.5, 0.6) is 17.2 Å². The van der Waals surface area contributed by atoms with Crippen LogP contribution >= 0.6 is 0 Å². The van der Waals surface area contributed by atoms with E-state index in [1.807, 2.05) is 0 Å². The summed E-state index contributed by atoms with van der Waals surface area (Å²) in [6.45, 7) is 1.55. The lowest BCUT2D eigenvalue weighted by Crippen LogP contribution is -2.38. The van der Waals surface area contributed by atoms with Crippen molar-refractivity contribution in [3.8, 4) is 17.2 Å². The van der Waals surface area contributed by atoms with E-state index in [2.05, 4.69) is 15.5 Å². The highest BCUT2D eigenvalue weighted by atomic mass is 16.5. The molecule has 0 saturated heterocycles. The van der Waals surface area contributed by atoms with E-state index in [1.54, 1.807) is 62.6 Å². The Hall–Kier alpha value is -4.58. The zero-order chi connectivity index (χ0) is 26.7. The highest BCUT2D eigenvalue weighted by molar-refractivity contribution is 6.01. The van der Waals surface area contributed by atoms with Crippen molar-refractivity contribution >= 4 is 22.8 Å². The van der Waals surface area contributed by atoms with E-state index >= 15 is 0 Å². The summed E-state index contributed by atoms with van der Waals surface area (Å²) < 4.78 is 14.5. The molecule has 2 aromatic heterocycles. The lowest BCUT2D eigenvalue weighted by molar-refractivity contribution is 0.0938. The van der Waals surface area contributed by atoms with Crippen LogP contribution < -0.4 is 26.1 Å². The van der Waals surface area contributed by atoms with E-state index in [-0.39, 0.29) is 36.0 Å². The minimum atomic E-state index is -1.04. The number of fused-ring (bicyclic) bond motifs is 1. The SMILES string of the molecule is COc1ccc(OCC(O)Cn2c(N/N=C(\C)c3ccccc3O)nc3c2c(=O)n(C)c(=O)n3C)cc1. The molecule has 0 spiro atoms. The Morgan fingerprint density at radius 2 is 1.76 bits per heavy atom. The van der Waals surface area contributed by atoms with Crippen molar-refractivity contribution < 1.29 is 19.7 Å².